The fourth-order valence-corrected chi connectivity index (χ4v) is 1.86. The van der Waals surface area contributed by atoms with Crippen LogP contribution in [0.25, 0.3) is 0 Å². The Labute approximate surface area is 120 Å². The zero-order valence-corrected chi connectivity index (χ0v) is 13.0. The Kier molecular flexibility index (Phi) is 4.23. The van der Waals surface area contributed by atoms with Gasteiger partial charge in [0.25, 0.3) is 0 Å². The summed E-state index contributed by atoms with van der Waals surface area (Å²) in [7, 11) is 0. The quantitative estimate of drug-likeness (QED) is 0.902. The van der Waals surface area contributed by atoms with Gasteiger partial charge < -0.3 is 9.88 Å². The van der Waals surface area contributed by atoms with Crippen molar-refractivity contribution < 1.29 is 0 Å². The van der Waals surface area contributed by atoms with Crippen molar-refractivity contribution in [2.24, 2.45) is 0 Å². The molecule has 0 aliphatic rings. The third-order valence-corrected chi connectivity index (χ3v) is 3.30. The second kappa shape index (κ2) is 5.75. The zero-order valence-electron chi connectivity index (χ0n) is 13.0. The van der Waals surface area contributed by atoms with Crippen molar-refractivity contribution in [3.8, 4) is 0 Å². The van der Waals surface area contributed by atoms with Crippen LogP contribution >= 0.6 is 0 Å². The minimum absolute atomic E-state index is 0.0925. The highest BCUT2D eigenvalue weighted by molar-refractivity contribution is 5.08. The van der Waals surface area contributed by atoms with Crippen LogP contribution < -0.4 is 5.32 Å². The van der Waals surface area contributed by atoms with Gasteiger partial charge in [0.1, 0.15) is 0 Å². The van der Waals surface area contributed by atoms with Crippen molar-refractivity contribution in [2.75, 3.05) is 0 Å². The summed E-state index contributed by atoms with van der Waals surface area (Å²) in [6, 6.07) is 0. The van der Waals surface area contributed by atoms with Gasteiger partial charge in [-0.3, -0.25) is 4.68 Å². The maximum Gasteiger partial charge on any atom is 0.0965 e. The molecule has 6 nitrogen and oxygen atoms in total. The first kappa shape index (κ1) is 14.7. The zero-order chi connectivity index (χ0) is 14.8. The summed E-state index contributed by atoms with van der Waals surface area (Å²) in [6.45, 7) is 12.9. The van der Waals surface area contributed by atoms with E-state index in [-0.39, 0.29) is 5.54 Å². The normalized spacial score (nSPS) is 12.1. The van der Waals surface area contributed by atoms with E-state index >= 15 is 0 Å². The summed E-state index contributed by atoms with van der Waals surface area (Å²) in [5.74, 6) is 0. The average Bonchev–Trinajstić information content (AvgIpc) is 2.93. The molecule has 0 aliphatic carbocycles. The van der Waals surface area contributed by atoms with E-state index in [0.717, 1.165) is 31.0 Å². The monoisotopic (exact) mass is 276 g/mol. The van der Waals surface area contributed by atoms with E-state index in [9.17, 15) is 0 Å². The maximum absolute atomic E-state index is 4.30. The van der Waals surface area contributed by atoms with Crippen LogP contribution in [0.3, 0.4) is 0 Å². The van der Waals surface area contributed by atoms with E-state index in [2.05, 4.69) is 52.9 Å². The van der Waals surface area contributed by atoms with Crippen LogP contribution in [0, 0.1) is 13.8 Å². The molecule has 0 fully saturated rings. The number of imidazole rings is 1. The lowest BCUT2D eigenvalue weighted by molar-refractivity contribution is 0.421. The number of hydrogen-bond donors (Lipinski definition) is 1. The topological polar surface area (TPSA) is 60.6 Å². The predicted octanol–water partition coefficient (Wildman–Crippen LogP) is 1.68. The van der Waals surface area contributed by atoms with Gasteiger partial charge >= 0.3 is 0 Å². The fourth-order valence-electron chi connectivity index (χ4n) is 1.86. The summed E-state index contributed by atoms with van der Waals surface area (Å²) >= 11 is 0. The molecule has 0 saturated carbocycles. The van der Waals surface area contributed by atoms with Gasteiger partial charge in [0, 0.05) is 30.5 Å². The Morgan fingerprint density at radius 3 is 2.55 bits per heavy atom. The van der Waals surface area contributed by atoms with Gasteiger partial charge in [-0.15, -0.1) is 5.10 Å². The molecule has 2 aromatic heterocycles. The molecule has 20 heavy (non-hydrogen) atoms. The van der Waals surface area contributed by atoms with Gasteiger partial charge in [0.05, 0.1) is 24.3 Å². The Morgan fingerprint density at radius 2 is 1.95 bits per heavy atom. The smallest absolute Gasteiger partial charge is 0.0965 e. The average molecular weight is 276 g/mol. The first-order valence-electron chi connectivity index (χ1n) is 6.97. The van der Waals surface area contributed by atoms with E-state index < -0.39 is 0 Å². The van der Waals surface area contributed by atoms with Crippen molar-refractivity contribution in [3.05, 3.63) is 29.6 Å². The first-order valence-corrected chi connectivity index (χ1v) is 6.97. The van der Waals surface area contributed by atoms with Gasteiger partial charge in [-0.25, -0.2) is 4.98 Å². The molecule has 0 radical (unpaired) electrons. The lowest BCUT2D eigenvalue weighted by atomic mass is 10.1. The highest BCUT2D eigenvalue weighted by Gasteiger charge is 2.10. The van der Waals surface area contributed by atoms with Crippen LogP contribution in [-0.4, -0.2) is 30.1 Å². The molecule has 2 heterocycles. The van der Waals surface area contributed by atoms with Crippen LogP contribution in [0.1, 0.15) is 37.9 Å². The molecule has 110 valence electrons. The molecule has 0 spiro atoms. The van der Waals surface area contributed by atoms with Crippen LogP contribution in [0.5, 0.6) is 0 Å². The highest BCUT2D eigenvalue weighted by Crippen LogP contribution is 2.05. The Morgan fingerprint density at radius 1 is 1.20 bits per heavy atom. The van der Waals surface area contributed by atoms with Crippen molar-refractivity contribution in [1.82, 2.24) is 29.9 Å². The summed E-state index contributed by atoms with van der Waals surface area (Å²) < 4.78 is 4.03. The van der Waals surface area contributed by atoms with Gasteiger partial charge in [-0.2, -0.15) is 0 Å². The van der Waals surface area contributed by atoms with Gasteiger partial charge in [0.15, 0.2) is 0 Å². The third kappa shape index (κ3) is 3.90. The molecule has 2 rings (SSSR count). The molecule has 0 atom stereocenters. The minimum atomic E-state index is 0.0925. The molecule has 0 unspecified atom stereocenters. The minimum Gasteiger partial charge on any atom is -0.333 e. The molecule has 0 aliphatic heterocycles. The molecule has 0 saturated heterocycles. The highest BCUT2D eigenvalue weighted by atomic mass is 15.4. The number of nitrogens with zero attached hydrogens (tertiary/aromatic N) is 5. The van der Waals surface area contributed by atoms with Crippen LogP contribution in [0.2, 0.25) is 0 Å². The molecule has 1 N–H and O–H groups in total. The van der Waals surface area contributed by atoms with Gasteiger partial charge in [-0.1, -0.05) is 5.21 Å². The molecule has 0 amide bonds. The second-order valence-electron chi connectivity index (χ2n) is 6.19. The van der Waals surface area contributed by atoms with E-state index in [1.54, 1.807) is 0 Å². The van der Waals surface area contributed by atoms with E-state index in [1.165, 1.54) is 5.69 Å². The predicted molar refractivity (Wildman–Crippen MR) is 78.3 cm³/mol. The van der Waals surface area contributed by atoms with Crippen LogP contribution in [-0.2, 0) is 19.6 Å². The summed E-state index contributed by atoms with van der Waals surface area (Å²) in [5, 5.41) is 11.8. The van der Waals surface area contributed by atoms with Gasteiger partial charge in [-0.05, 0) is 34.6 Å². The van der Waals surface area contributed by atoms with Crippen molar-refractivity contribution in [2.45, 2.75) is 59.8 Å². The molecule has 2 aromatic rings. The first-order chi connectivity index (χ1) is 9.35. The number of hydrogen-bond acceptors (Lipinski definition) is 4. The third-order valence-electron chi connectivity index (χ3n) is 3.30. The molecular formula is C14H24N6. The lowest BCUT2D eigenvalue weighted by Gasteiger charge is -2.19. The number of aryl methyl sites for hydroxylation is 3. The standard InChI is InChI=1S/C14H24N6/c1-11-12(2)19(10-15-11)6-7-20-9-13(17-18-20)8-16-14(3,4)5/h9-10,16H,6-8H2,1-5H3. The largest absolute Gasteiger partial charge is 0.333 e. The van der Waals surface area contributed by atoms with Crippen molar-refractivity contribution in [1.29, 1.82) is 0 Å². The fraction of sp³-hybridized carbons (Fsp3) is 0.643. The SMILES string of the molecule is Cc1ncn(CCn2cc(CNC(C)(C)C)nn2)c1C. The summed E-state index contributed by atoms with van der Waals surface area (Å²) in [5.41, 5.74) is 3.35. The van der Waals surface area contributed by atoms with E-state index in [1.807, 2.05) is 24.1 Å². The lowest BCUT2D eigenvalue weighted by Crippen LogP contribution is -2.35. The van der Waals surface area contributed by atoms with Crippen LogP contribution in [0.4, 0.5) is 0 Å². The van der Waals surface area contributed by atoms with Gasteiger partial charge in [0.2, 0.25) is 0 Å². The molecular weight excluding hydrogens is 252 g/mol. The van der Waals surface area contributed by atoms with E-state index in [0.29, 0.717) is 0 Å². The Balaban J connectivity index is 1.88. The number of nitrogens with one attached hydrogen (secondary N) is 1. The van der Waals surface area contributed by atoms with Crippen molar-refractivity contribution in [3.63, 3.8) is 0 Å². The summed E-state index contributed by atoms with van der Waals surface area (Å²) in [6.07, 6.45) is 3.88. The number of rotatable bonds is 5. The van der Waals surface area contributed by atoms with Crippen LogP contribution in [0.15, 0.2) is 12.5 Å². The molecule has 0 aromatic carbocycles. The maximum atomic E-state index is 4.30. The Bertz CT molecular complexity index is 560. The Hall–Kier alpha value is -1.69. The van der Waals surface area contributed by atoms with Crippen molar-refractivity contribution >= 4 is 0 Å². The molecule has 0 bridgehead atoms. The molecule has 6 heteroatoms. The second-order valence-corrected chi connectivity index (χ2v) is 6.19. The summed E-state index contributed by atoms with van der Waals surface area (Å²) in [4.78, 5) is 4.30. The number of aromatic nitrogens is 5. The van der Waals surface area contributed by atoms with E-state index in [4.69, 9.17) is 0 Å².